The number of amides is 2. The van der Waals surface area contributed by atoms with Crippen LogP contribution in [0.3, 0.4) is 0 Å². The molecule has 2 N–H and O–H groups in total. The molecule has 1 aromatic carbocycles. The predicted molar refractivity (Wildman–Crippen MR) is 84.5 cm³/mol. The Kier molecular flexibility index (Phi) is 4.86. The number of alkyl halides is 4. The Morgan fingerprint density at radius 1 is 1.42 bits per heavy atom. The molecule has 10 heteroatoms. The highest BCUT2D eigenvalue weighted by atomic mass is 19.3. The van der Waals surface area contributed by atoms with Crippen LogP contribution >= 0.6 is 0 Å². The maximum atomic E-state index is 13.5. The Hall–Kier alpha value is -2.62. The number of urea groups is 1. The van der Waals surface area contributed by atoms with Crippen molar-refractivity contribution in [1.82, 2.24) is 9.88 Å². The molecule has 1 saturated heterocycles. The number of hydrogen-bond acceptors (Lipinski definition) is 4. The minimum absolute atomic E-state index is 0.123. The third-order valence-electron chi connectivity index (χ3n) is 4.04. The maximum absolute atomic E-state index is 13.5. The van der Waals surface area contributed by atoms with Crippen molar-refractivity contribution in [2.24, 2.45) is 0 Å². The minimum atomic E-state index is -3.08. The number of pyridine rings is 1. The summed E-state index contributed by atoms with van der Waals surface area (Å²) >= 11 is 0. The van der Waals surface area contributed by atoms with E-state index in [4.69, 9.17) is 0 Å². The van der Waals surface area contributed by atoms with Gasteiger partial charge >= 0.3 is 12.6 Å². The summed E-state index contributed by atoms with van der Waals surface area (Å²) in [7, 11) is 0. The number of fused-ring (bicyclic) bond motifs is 1. The molecule has 2 aromatic rings. The lowest BCUT2D eigenvalue weighted by Crippen LogP contribution is -2.41. The van der Waals surface area contributed by atoms with Crippen molar-refractivity contribution in [3.63, 3.8) is 0 Å². The molecule has 1 aromatic heterocycles. The van der Waals surface area contributed by atoms with Crippen molar-refractivity contribution in [3.05, 3.63) is 30.5 Å². The van der Waals surface area contributed by atoms with Crippen LogP contribution in [0, 0.1) is 0 Å². The number of likely N-dealkylation sites (tertiary alicyclic amines) is 1. The number of carbonyl (C=O) groups excluding carboxylic acids is 1. The lowest BCUT2D eigenvalue weighted by Gasteiger charge is -2.23. The van der Waals surface area contributed by atoms with Crippen molar-refractivity contribution in [3.8, 4) is 5.75 Å². The standard InChI is InChI=1S/C16H15F4N3O3/c17-14(18)26-12-4-3-11(13-10(12)2-1-5-21-13)22-15(25)23-8-16(19,20)6-9(23)7-24/h1-5,9,14,24H,6-8H2,(H,22,25). The Balaban J connectivity index is 1.88. The van der Waals surface area contributed by atoms with Crippen LogP contribution in [0.1, 0.15) is 6.42 Å². The monoisotopic (exact) mass is 373 g/mol. The second kappa shape index (κ2) is 6.94. The number of aliphatic hydroxyl groups is 1. The molecule has 26 heavy (non-hydrogen) atoms. The van der Waals surface area contributed by atoms with Gasteiger partial charge in [0.15, 0.2) is 0 Å². The van der Waals surface area contributed by atoms with Crippen LogP contribution in [0.25, 0.3) is 10.9 Å². The molecule has 1 unspecified atom stereocenters. The molecule has 1 atom stereocenters. The van der Waals surface area contributed by atoms with Gasteiger partial charge in [-0.2, -0.15) is 8.78 Å². The van der Waals surface area contributed by atoms with Crippen LogP contribution in [0.4, 0.5) is 28.0 Å². The molecule has 140 valence electrons. The van der Waals surface area contributed by atoms with Gasteiger partial charge in [-0.1, -0.05) is 0 Å². The molecule has 0 radical (unpaired) electrons. The van der Waals surface area contributed by atoms with Gasteiger partial charge in [-0.05, 0) is 24.3 Å². The summed E-state index contributed by atoms with van der Waals surface area (Å²) in [5.74, 6) is -3.21. The highest BCUT2D eigenvalue weighted by molar-refractivity contribution is 6.01. The van der Waals surface area contributed by atoms with E-state index in [-0.39, 0.29) is 22.3 Å². The molecule has 2 heterocycles. The number of anilines is 1. The Labute approximate surface area is 145 Å². The number of hydrogen-bond donors (Lipinski definition) is 2. The molecule has 0 saturated carbocycles. The fraction of sp³-hybridized carbons (Fsp3) is 0.375. The number of halogens is 4. The SMILES string of the molecule is O=C(Nc1ccc(OC(F)F)c2cccnc12)N1CC(F)(F)CC1CO. The zero-order valence-electron chi connectivity index (χ0n) is 13.3. The first-order valence-electron chi connectivity index (χ1n) is 7.69. The van der Waals surface area contributed by atoms with Gasteiger partial charge in [0.1, 0.15) is 5.75 Å². The Morgan fingerprint density at radius 2 is 2.19 bits per heavy atom. The number of benzene rings is 1. The maximum Gasteiger partial charge on any atom is 0.387 e. The summed E-state index contributed by atoms with van der Waals surface area (Å²) in [4.78, 5) is 17.3. The first kappa shape index (κ1) is 18.2. The summed E-state index contributed by atoms with van der Waals surface area (Å²) in [5.41, 5.74) is 0.324. The molecule has 0 bridgehead atoms. The number of rotatable bonds is 4. The lowest BCUT2D eigenvalue weighted by atomic mass is 10.1. The first-order chi connectivity index (χ1) is 12.3. The molecular weight excluding hydrogens is 358 g/mol. The number of nitrogens with zero attached hydrogens (tertiary/aromatic N) is 2. The van der Waals surface area contributed by atoms with Crippen molar-refractivity contribution < 1.29 is 32.2 Å². The number of aromatic nitrogens is 1. The van der Waals surface area contributed by atoms with Gasteiger partial charge < -0.3 is 20.1 Å². The fourth-order valence-corrected chi connectivity index (χ4v) is 2.93. The van der Waals surface area contributed by atoms with Crippen LogP contribution < -0.4 is 10.1 Å². The molecule has 6 nitrogen and oxygen atoms in total. The zero-order chi connectivity index (χ0) is 18.9. The molecule has 2 amide bonds. The summed E-state index contributed by atoms with van der Waals surface area (Å²) in [6.45, 7) is -4.44. The molecular formula is C16H15F4N3O3. The molecule has 0 spiro atoms. The highest BCUT2D eigenvalue weighted by Crippen LogP contribution is 2.34. The van der Waals surface area contributed by atoms with Gasteiger partial charge in [-0.25, -0.2) is 13.6 Å². The van der Waals surface area contributed by atoms with Gasteiger partial charge in [0.25, 0.3) is 5.92 Å². The third kappa shape index (κ3) is 3.64. The van der Waals surface area contributed by atoms with Gasteiger partial charge in [-0.15, -0.1) is 0 Å². The molecule has 1 fully saturated rings. The predicted octanol–water partition coefficient (Wildman–Crippen LogP) is 3.07. The van der Waals surface area contributed by atoms with E-state index in [9.17, 15) is 27.5 Å². The van der Waals surface area contributed by atoms with E-state index in [1.165, 1.54) is 30.5 Å². The van der Waals surface area contributed by atoms with Gasteiger partial charge in [0.05, 0.1) is 30.4 Å². The van der Waals surface area contributed by atoms with E-state index in [2.05, 4.69) is 15.0 Å². The van der Waals surface area contributed by atoms with E-state index >= 15 is 0 Å². The molecule has 1 aliphatic rings. The van der Waals surface area contributed by atoms with Crippen LogP contribution in [0.15, 0.2) is 30.5 Å². The fourth-order valence-electron chi connectivity index (χ4n) is 2.93. The molecule has 0 aliphatic carbocycles. The summed E-state index contributed by atoms with van der Waals surface area (Å²) in [6.07, 6.45) is 0.766. The van der Waals surface area contributed by atoms with Gasteiger partial charge in [0, 0.05) is 18.0 Å². The second-order valence-corrected chi connectivity index (χ2v) is 5.84. The average molecular weight is 373 g/mol. The summed E-state index contributed by atoms with van der Waals surface area (Å²) < 4.78 is 56.5. The quantitative estimate of drug-likeness (QED) is 0.808. The minimum Gasteiger partial charge on any atom is -0.434 e. The van der Waals surface area contributed by atoms with E-state index < -0.39 is 44.2 Å². The van der Waals surface area contributed by atoms with Crippen molar-refractivity contribution in [1.29, 1.82) is 0 Å². The smallest absolute Gasteiger partial charge is 0.387 e. The number of aliphatic hydroxyl groups excluding tert-OH is 1. The molecule has 1 aliphatic heterocycles. The first-order valence-corrected chi connectivity index (χ1v) is 7.69. The van der Waals surface area contributed by atoms with E-state index in [1.807, 2.05) is 0 Å². The molecule has 3 rings (SSSR count). The lowest BCUT2D eigenvalue weighted by molar-refractivity contribution is -0.0488. The zero-order valence-corrected chi connectivity index (χ0v) is 13.3. The summed E-state index contributed by atoms with van der Waals surface area (Å²) in [5, 5.41) is 11.9. The van der Waals surface area contributed by atoms with E-state index in [0.29, 0.717) is 0 Å². The second-order valence-electron chi connectivity index (χ2n) is 5.84. The third-order valence-corrected chi connectivity index (χ3v) is 4.04. The van der Waals surface area contributed by atoms with Crippen molar-refractivity contribution >= 4 is 22.6 Å². The van der Waals surface area contributed by atoms with Crippen LogP contribution in [0.2, 0.25) is 0 Å². The Bertz CT molecular complexity index is 818. The van der Waals surface area contributed by atoms with Crippen molar-refractivity contribution in [2.75, 3.05) is 18.5 Å². The number of ether oxygens (including phenoxy) is 1. The highest BCUT2D eigenvalue weighted by Gasteiger charge is 2.46. The Morgan fingerprint density at radius 3 is 2.88 bits per heavy atom. The van der Waals surface area contributed by atoms with Crippen LogP contribution in [0.5, 0.6) is 5.75 Å². The normalized spacial score (nSPS) is 19.2. The average Bonchev–Trinajstić information content (AvgIpc) is 2.91. The van der Waals surface area contributed by atoms with Crippen LogP contribution in [-0.2, 0) is 0 Å². The van der Waals surface area contributed by atoms with E-state index in [0.717, 1.165) is 4.90 Å². The number of carbonyl (C=O) groups is 1. The van der Waals surface area contributed by atoms with E-state index in [1.54, 1.807) is 0 Å². The summed E-state index contributed by atoms with van der Waals surface area (Å²) in [6, 6.07) is 3.67. The van der Waals surface area contributed by atoms with Crippen molar-refractivity contribution in [2.45, 2.75) is 25.0 Å². The van der Waals surface area contributed by atoms with Gasteiger partial charge in [0.2, 0.25) is 0 Å². The largest absolute Gasteiger partial charge is 0.434 e. The number of nitrogens with one attached hydrogen (secondary N) is 1. The van der Waals surface area contributed by atoms with Crippen LogP contribution in [-0.4, -0.2) is 52.7 Å². The topological polar surface area (TPSA) is 74.7 Å². The van der Waals surface area contributed by atoms with Gasteiger partial charge in [-0.3, -0.25) is 4.98 Å².